The van der Waals surface area contributed by atoms with E-state index < -0.39 is 11.7 Å². The Labute approximate surface area is 136 Å². The van der Waals surface area contributed by atoms with Crippen molar-refractivity contribution in [1.29, 1.82) is 0 Å². The molecule has 0 saturated carbocycles. The molecule has 0 unspecified atom stereocenters. The van der Waals surface area contributed by atoms with Crippen LogP contribution < -0.4 is 0 Å². The Bertz CT molecular complexity index is 661. The quantitative estimate of drug-likeness (QED) is 0.915. The highest BCUT2D eigenvalue weighted by molar-refractivity contribution is 7.15. The highest BCUT2D eigenvalue weighted by Gasteiger charge is 2.30. The zero-order valence-corrected chi connectivity index (χ0v) is 13.3. The Balaban J connectivity index is 1.83. The van der Waals surface area contributed by atoms with Crippen LogP contribution in [-0.2, 0) is 19.3 Å². The van der Waals surface area contributed by atoms with Crippen molar-refractivity contribution in [3.8, 4) is 10.6 Å². The predicted molar refractivity (Wildman–Crippen MR) is 83.0 cm³/mol. The van der Waals surface area contributed by atoms with E-state index in [2.05, 4.69) is 9.88 Å². The number of alkyl halides is 3. The summed E-state index contributed by atoms with van der Waals surface area (Å²) in [6.45, 7) is 2.64. The maximum atomic E-state index is 12.6. The number of aliphatic hydroxyl groups excluding tert-OH is 1. The molecule has 0 spiro atoms. The molecule has 0 bridgehead atoms. The van der Waals surface area contributed by atoms with Crippen LogP contribution in [0.4, 0.5) is 13.2 Å². The van der Waals surface area contributed by atoms with E-state index in [9.17, 15) is 18.3 Å². The van der Waals surface area contributed by atoms with Crippen molar-refractivity contribution < 1.29 is 18.3 Å². The number of nitrogens with zero attached hydrogens (tertiary/aromatic N) is 2. The van der Waals surface area contributed by atoms with Crippen LogP contribution in [0.25, 0.3) is 10.6 Å². The molecule has 1 saturated heterocycles. The summed E-state index contributed by atoms with van der Waals surface area (Å²) in [6, 6.07) is 5.00. The van der Waals surface area contributed by atoms with E-state index in [1.165, 1.54) is 36.3 Å². The minimum absolute atomic E-state index is 0.0958. The topological polar surface area (TPSA) is 36.4 Å². The maximum absolute atomic E-state index is 12.6. The van der Waals surface area contributed by atoms with Gasteiger partial charge in [0.15, 0.2) is 0 Å². The molecule has 1 fully saturated rings. The smallest absolute Gasteiger partial charge is 0.391 e. The summed E-state index contributed by atoms with van der Waals surface area (Å²) in [4.78, 5) is 7.61. The van der Waals surface area contributed by atoms with E-state index in [0.717, 1.165) is 35.8 Å². The van der Waals surface area contributed by atoms with Gasteiger partial charge in [0.25, 0.3) is 0 Å². The third-order valence-electron chi connectivity index (χ3n) is 3.95. The molecule has 23 heavy (non-hydrogen) atoms. The van der Waals surface area contributed by atoms with Crippen LogP contribution in [0.2, 0.25) is 0 Å². The van der Waals surface area contributed by atoms with Crippen LogP contribution in [0.5, 0.6) is 0 Å². The Kier molecular flexibility index (Phi) is 4.70. The Morgan fingerprint density at radius 1 is 1.13 bits per heavy atom. The number of likely N-dealkylation sites (tertiary alicyclic amines) is 1. The van der Waals surface area contributed by atoms with Crippen molar-refractivity contribution in [2.45, 2.75) is 32.2 Å². The average Bonchev–Trinajstić information content (AvgIpc) is 3.16. The molecule has 0 amide bonds. The van der Waals surface area contributed by atoms with Gasteiger partial charge in [0.05, 0.1) is 22.7 Å². The summed E-state index contributed by atoms with van der Waals surface area (Å²) in [6.07, 6.45) is -1.99. The van der Waals surface area contributed by atoms with Crippen molar-refractivity contribution in [3.05, 3.63) is 40.4 Å². The van der Waals surface area contributed by atoms with Gasteiger partial charge in [-0.2, -0.15) is 13.2 Å². The van der Waals surface area contributed by atoms with Gasteiger partial charge in [-0.25, -0.2) is 4.98 Å². The van der Waals surface area contributed by atoms with E-state index in [0.29, 0.717) is 17.1 Å². The van der Waals surface area contributed by atoms with Gasteiger partial charge in [-0.3, -0.25) is 4.90 Å². The number of benzene rings is 1. The van der Waals surface area contributed by atoms with E-state index in [4.69, 9.17) is 0 Å². The van der Waals surface area contributed by atoms with E-state index >= 15 is 0 Å². The molecule has 0 aliphatic carbocycles. The van der Waals surface area contributed by atoms with Gasteiger partial charge in [0, 0.05) is 12.1 Å². The lowest BCUT2D eigenvalue weighted by atomic mass is 10.1. The summed E-state index contributed by atoms with van der Waals surface area (Å²) < 4.78 is 37.9. The van der Waals surface area contributed by atoms with E-state index in [-0.39, 0.29) is 6.61 Å². The summed E-state index contributed by atoms with van der Waals surface area (Å²) in [5, 5.41) is 10.2. The molecular weight excluding hydrogens is 325 g/mol. The van der Waals surface area contributed by atoms with Crippen LogP contribution in [0.3, 0.4) is 0 Å². The van der Waals surface area contributed by atoms with Gasteiger partial charge in [-0.05, 0) is 38.1 Å². The van der Waals surface area contributed by atoms with Gasteiger partial charge >= 0.3 is 6.18 Å². The van der Waals surface area contributed by atoms with Gasteiger partial charge in [0.2, 0.25) is 0 Å². The normalized spacial score (nSPS) is 16.2. The second-order valence-electron chi connectivity index (χ2n) is 5.61. The third kappa shape index (κ3) is 3.73. The first-order valence-corrected chi connectivity index (χ1v) is 8.28. The minimum atomic E-state index is -4.33. The monoisotopic (exact) mass is 342 g/mol. The van der Waals surface area contributed by atoms with Gasteiger partial charge in [-0.1, -0.05) is 12.1 Å². The number of thiazole rings is 1. The maximum Gasteiger partial charge on any atom is 0.416 e. The molecule has 0 radical (unpaired) electrons. The van der Waals surface area contributed by atoms with Crippen LogP contribution in [0.1, 0.15) is 29.0 Å². The third-order valence-corrected chi connectivity index (χ3v) is 5.08. The molecule has 3 nitrogen and oxygen atoms in total. The lowest BCUT2D eigenvalue weighted by molar-refractivity contribution is -0.137. The van der Waals surface area contributed by atoms with Crippen molar-refractivity contribution >= 4 is 11.3 Å². The minimum Gasteiger partial charge on any atom is -0.391 e. The average molecular weight is 342 g/mol. The van der Waals surface area contributed by atoms with Crippen molar-refractivity contribution in [1.82, 2.24) is 9.88 Å². The fourth-order valence-corrected chi connectivity index (χ4v) is 3.64. The summed E-state index contributed by atoms with van der Waals surface area (Å²) in [7, 11) is 0. The number of rotatable bonds is 4. The second-order valence-corrected chi connectivity index (χ2v) is 6.69. The number of halogens is 3. The molecule has 2 aromatic rings. The molecule has 1 N–H and O–H groups in total. The van der Waals surface area contributed by atoms with Crippen molar-refractivity contribution in [3.63, 3.8) is 0 Å². The van der Waals surface area contributed by atoms with Crippen LogP contribution >= 0.6 is 11.3 Å². The summed E-state index contributed by atoms with van der Waals surface area (Å²) in [5.74, 6) is 0. The zero-order valence-electron chi connectivity index (χ0n) is 12.4. The lowest BCUT2D eigenvalue weighted by Gasteiger charge is -2.13. The first kappa shape index (κ1) is 16.4. The van der Waals surface area contributed by atoms with Gasteiger partial charge in [-0.15, -0.1) is 11.3 Å². The second kappa shape index (κ2) is 6.59. The Morgan fingerprint density at radius 2 is 1.78 bits per heavy atom. The fourth-order valence-electron chi connectivity index (χ4n) is 2.71. The van der Waals surface area contributed by atoms with E-state index in [1.54, 1.807) is 0 Å². The van der Waals surface area contributed by atoms with E-state index in [1.807, 2.05) is 0 Å². The number of hydrogen-bond donors (Lipinski definition) is 1. The predicted octanol–water partition coefficient (Wildman–Crippen LogP) is 3.92. The SMILES string of the molecule is OCc1sc(-c2ccc(C(F)(F)F)cc2)nc1CN1CCCC1. The van der Waals surface area contributed by atoms with Crippen LogP contribution in [0, 0.1) is 0 Å². The molecule has 1 aromatic heterocycles. The number of aromatic nitrogens is 1. The number of hydrogen-bond acceptors (Lipinski definition) is 4. The van der Waals surface area contributed by atoms with Gasteiger partial charge in [0.1, 0.15) is 5.01 Å². The molecule has 124 valence electrons. The van der Waals surface area contributed by atoms with Crippen LogP contribution in [-0.4, -0.2) is 28.1 Å². The molecular formula is C16H17F3N2OS. The molecule has 2 heterocycles. The van der Waals surface area contributed by atoms with Gasteiger partial charge < -0.3 is 5.11 Å². The number of aliphatic hydroxyl groups is 1. The van der Waals surface area contributed by atoms with Crippen molar-refractivity contribution in [2.24, 2.45) is 0 Å². The molecule has 1 aliphatic heterocycles. The summed E-state index contributed by atoms with van der Waals surface area (Å²) in [5.41, 5.74) is 0.803. The highest BCUT2D eigenvalue weighted by atomic mass is 32.1. The largest absolute Gasteiger partial charge is 0.416 e. The first-order chi connectivity index (χ1) is 11.0. The standard InChI is InChI=1S/C16H17F3N2OS/c17-16(18,19)12-5-3-11(4-6-12)15-20-13(14(10-22)23-15)9-21-7-1-2-8-21/h3-6,22H,1-2,7-10H2. The first-order valence-electron chi connectivity index (χ1n) is 7.47. The molecule has 7 heteroatoms. The van der Waals surface area contributed by atoms with Crippen LogP contribution in [0.15, 0.2) is 24.3 Å². The zero-order chi connectivity index (χ0) is 16.4. The Hall–Kier alpha value is -1.44. The van der Waals surface area contributed by atoms with Crippen molar-refractivity contribution in [2.75, 3.05) is 13.1 Å². The molecule has 0 atom stereocenters. The molecule has 1 aliphatic rings. The molecule has 1 aromatic carbocycles. The lowest BCUT2D eigenvalue weighted by Crippen LogP contribution is -2.19. The molecule has 3 rings (SSSR count). The summed E-state index contributed by atoms with van der Waals surface area (Å²) >= 11 is 1.34. The highest BCUT2D eigenvalue weighted by Crippen LogP contribution is 2.33. The Morgan fingerprint density at radius 3 is 2.35 bits per heavy atom. The fraction of sp³-hybridized carbons (Fsp3) is 0.438.